The third-order valence-electron chi connectivity index (χ3n) is 5.41. The summed E-state index contributed by atoms with van der Waals surface area (Å²) in [4.78, 5) is 14.6. The molecular weight excluding hydrogens is 400 g/mol. The molecule has 1 fully saturated rings. The summed E-state index contributed by atoms with van der Waals surface area (Å²) < 4.78 is 8.13. The molecule has 0 amide bonds. The van der Waals surface area contributed by atoms with E-state index in [1.165, 1.54) is 20.5 Å². The van der Waals surface area contributed by atoms with E-state index in [1.807, 2.05) is 24.3 Å². The molecule has 150 valence electrons. The Hall–Kier alpha value is -2.38. The van der Waals surface area contributed by atoms with Gasteiger partial charge < -0.3 is 14.5 Å². The van der Waals surface area contributed by atoms with Crippen molar-refractivity contribution in [3.63, 3.8) is 0 Å². The smallest absolute Gasteiger partial charge is 0.186 e. The molecule has 2 aromatic carbocycles. The molecule has 0 N–H and O–H groups in total. The average molecular weight is 425 g/mol. The third-order valence-corrected chi connectivity index (χ3v) is 7.74. The molecule has 0 atom stereocenters. The first kappa shape index (κ1) is 18.6. The van der Waals surface area contributed by atoms with Crippen molar-refractivity contribution in [2.75, 3.05) is 42.6 Å². The Balaban J connectivity index is 1.33. The first-order chi connectivity index (χ1) is 14.1. The van der Waals surface area contributed by atoms with E-state index in [-0.39, 0.29) is 0 Å². The second kappa shape index (κ2) is 7.46. The number of aromatic nitrogens is 2. The van der Waals surface area contributed by atoms with E-state index in [2.05, 4.69) is 47.9 Å². The Morgan fingerprint density at radius 3 is 2.28 bits per heavy atom. The molecule has 3 heterocycles. The van der Waals surface area contributed by atoms with Crippen molar-refractivity contribution in [2.24, 2.45) is 0 Å². The summed E-state index contributed by atoms with van der Waals surface area (Å²) in [6.45, 7) is 10.9. The molecule has 0 spiro atoms. The van der Waals surface area contributed by atoms with Gasteiger partial charge in [0.05, 0.1) is 27.0 Å². The fourth-order valence-electron chi connectivity index (χ4n) is 3.76. The zero-order valence-electron chi connectivity index (χ0n) is 16.9. The van der Waals surface area contributed by atoms with E-state index in [9.17, 15) is 0 Å². The van der Waals surface area contributed by atoms with Crippen molar-refractivity contribution >= 4 is 53.4 Å². The fourth-order valence-corrected chi connectivity index (χ4v) is 5.97. The largest absolute Gasteiger partial charge is 0.494 e. The molecule has 7 heteroatoms. The number of piperazine rings is 1. The van der Waals surface area contributed by atoms with Crippen LogP contribution in [0, 0.1) is 13.8 Å². The second-order valence-corrected chi connectivity index (χ2v) is 9.39. The average Bonchev–Trinajstić information content (AvgIpc) is 3.36. The molecule has 1 aliphatic rings. The van der Waals surface area contributed by atoms with Crippen LogP contribution in [0.5, 0.6) is 5.75 Å². The molecule has 5 nitrogen and oxygen atoms in total. The lowest BCUT2D eigenvalue weighted by molar-refractivity contribution is 0.341. The summed E-state index contributed by atoms with van der Waals surface area (Å²) in [6.07, 6.45) is 0. The predicted octanol–water partition coefficient (Wildman–Crippen LogP) is 5.25. The minimum atomic E-state index is 0.684. The Labute approximate surface area is 178 Å². The van der Waals surface area contributed by atoms with Crippen molar-refractivity contribution in [3.8, 4) is 5.75 Å². The molecule has 1 saturated heterocycles. The minimum absolute atomic E-state index is 0.684. The zero-order chi connectivity index (χ0) is 20.0. The highest BCUT2D eigenvalue weighted by molar-refractivity contribution is 7.22. The second-order valence-electron chi connectivity index (χ2n) is 7.41. The van der Waals surface area contributed by atoms with Crippen molar-refractivity contribution in [1.82, 2.24) is 9.97 Å². The predicted molar refractivity (Wildman–Crippen MR) is 124 cm³/mol. The fraction of sp³-hybridized carbons (Fsp3) is 0.364. The van der Waals surface area contributed by atoms with E-state index >= 15 is 0 Å². The number of aryl methyl sites for hydroxylation is 2. The number of rotatable bonds is 4. The maximum Gasteiger partial charge on any atom is 0.186 e. The number of hydrogen-bond acceptors (Lipinski definition) is 7. The van der Waals surface area contributed by atoms with Crippen LogP contribution in [0.25, 0.3) is 20.4 Å². The lowest BCUT2D eigenvalue weighted by atomic mass is 10.1. The van der Waals surface area contributed by atoms with Gasteiger partial charge in [0.2, 0.25) is 0 Å². The van der Waals surface area contributed by atoms with E-state index in [1.54, 1.807) is 11.3 Å². The van der Waals surface area contributed by atoms with Crippen LogP contribution in [0.3, 0.4) is 0 Å². The van der Waals surface area contributed by atoms with Crippen LogP contribution in [0.1, 0.15) is 18.1 Å². The number of benzene rings is 2. The van der Waals surface area contributed by atoms with Gasteiger partial charge in [0.15, 0.2) is 10.3 Å². The molecule has 4 aromatic rings. The van der Waals surface area contributed by atoms with Gasteiger partial charge in [-0.3, -0.25) is 0 Å². The number of thiazole rings is 2. The monoisotopic (exact) mass is 424 g/mol. The van der Waals surface area contributed by atoms with Crippen molar-refractivity contribution in [1.29, 1.82) is 0 Å². The van der Waals surface area contributed by atoms with Gasteiger partial charge in [-0.2, -0.15) is 0 Å². The first-order valence-electron chi connectivity index (χ1n) is 10.0. The van der Waals surface area contributed by atoms with Gasteiger partial charge in [0.25, 0.3) is 0 Å². The first-order valence-corrected chi connectivity index (χ1v) is 11.7. The van der Waals surface area contributed by atoms with Gasteiger partial charge in [-0.1, -0.05) is 34.8 Å². The molecule has 2 aromatic heterocycles. The molecule has 5 rings (SSSR count). The zero-order valence-corrected chi connectivity index (χ0v) is 18.6. The van der Waals surface area contributed by atoms with Gasteiger partial charge in [-0.25, -0.2) is 9.97 Å². The topological polar surface area (TPSA) is 41.5 Å². The lowest BCUT2D eigenvalue weighted by Gasteiger charge is -2.34. The van der Waals surface area contributed by atoms with Crippen LogP contribution < -0.4 is 14.5 Å². The number of hydrogen-bond donors (Lipinski definition) is 0. The summed E-state index contributed by atoms with van der Waals surface area (Å²) in [7, 11) is 0. The standard InChI is InChI=1S/C22H24N4OS2/c1-4-27-16-7-8-17-18(13-16)28-21(23-17)25-9-11-26(12-10-25)22-24-19-14(2)5-6-15(3)20(19)29-22/h5-8,13H,4,9-12H2,1-3H3. The summed E-state index contributed by atoms with van der Waals surface area (Å²) in [6, 6.07) is 10.5. The normalized spacial score (nSPS) is 14.9. The maximum atomic E-state index is 5.63. The van der Waals surface area contributed by atoms with E-state index in [0.29, 0.717) is 6.61 Å². The van der Waals surface area contributed by atoms with E-state index in [0.717, 1.165) is 53.2 Å². The summed E-state index contributed by atoms with van der Waals surface area (Å²) >= 11 is 3.57. The molecule has 0 saturated carbocycles. The van der Waals surface area contributed by atoms with Gasteiger partial charge >= 0.3 is 0 Å². The van der Waals surface area contributed by atoms with Gasteiger partial charge in [-0.05, 0) is 50.1 Å². The Morgan fingerprint density at radius 1 is 0.897 bits per heavy atom. The summed E-state index contributed by atoms with van der Waals surface area (Å²) in [5.41, 5.74) is 4.78. The SMILES string of the molecule is CCOc1ccc2nc(N3CCN(c4nc5c(C)ccc(C)c5s4)CC3)sc2c1. The molecule has 29 heavy (non-hydrogen) atoms. The number of anilines is 2. The Kier molecular flexibility index (Phi) is 4.80. The number of nitrogens with zero attached hydrogens (tertiary/aromatic N) is 4. The van der Waals surface area contributed by atoms with E-state index in [4.69, 9.17) is 14.7 Å². The van der Waals surface area contributed by atoms with E-state index < -0.39 is 0 Å². The van der Waals surface area contributed by atoms with Crippen molar-refractivity contribution in [2.45, 2.75) is 20.8 Å². The molecular formula is C22H24N4OS2. The highest BCUT2D eigenvalue weighted by Crippen LogP contribution is 2.35. The van der Waals surface area contributed by atoms with Gasteiger partial charge in [0, 0.05) is 26.2 Å². The van der Waals surface area contributed by atoms with Gasteiger partial charge in [-0.15, -0.1) is 0 Å². The minimum Gasteiger partial charge on any atom is -0.494 e. The molecule has 0 unspecified atom stereocenters. The quantitative estimate of drug-likeness (QED) is 0.448. The molecule has 0 aliphatic carbocycles. The van der Waals surface area contributed by atoms with Crippen molar-refractivity contribution < 1.29 is 4.74 Å². The van der Waals surface area contributed by atoms with Gasteiger partial charge in [0.1, 0.15) is 5.75 Å². The number of ether oxygens (including phenoxy) is 1. The molecule has 0 bridgehead atoms. The van der Waals surface area contributed by atoms with Crippen LogP contribution in [-0.2, 0) is 0 Å². The summed E-state index contributed by atoms with van der Waals surface area (Å²) in [5, 5.41) is 2.24. The Bertz CT molecular complexity index is 1140. The summed E-state index contributed by atoms with van der Waals surface area (Å²) in [5.74, 6) is 0.918. The third kappa shape index (κ3) is 3.42. The molecule has 1 aliphatic heterocycles. The molecule has 0 radical (unpaired) electrons. The van der Waals surface area contributed by atoms with Crippen LogP contribution in [-0.4, -0.2) is 42.8 Å². The van der Waals surface area contributed by atoms with Crippen LogP contribution in [0.4, 0.5) is 10.3 Å². The maximum absolute atomic E-state index is 5.63. The van der Waals surface area contributed by atoms with Crippen molar-refractivity contribution in [3.05, 3.63) is 41.5 Å². The highest BCUT2D eigenvalue weighted by Gasteiger charge is 2.22. The Morgan fingerprint density at radius 2 is 1.59 bits per heavy atom. The van der Waals surface area contributed by atoms with Crippen LogP contribution in [0.2, 0.25) is 0 Å². The lowest BCUT2D eigenvalue weighted by Crippen LogP contribution is -2.46. The highest BCUT2D eigenvalue weighted by atomic mass is 32.1. The number of fused-ring (bicyclic) bond motifs is 2. The van der Waals surface area contributed by atoms with Crippen LogP contribution in [0.15, 0.2) is 30.3 Å². The van der Waals surface area contributed by atoms with Crippen LogP contribution >= 0.6 is 22.7 Å².